The molecule has 0 unspecified atom stereocenters. The highest BCUT2D eigenvalue weighted by atomic mass is 16.5. The normalized spacial score (nSPS) is 10.3. The van der Waals surface area contributed by atoms with Crippen molar-refractivity contribution in [1.82, 2.24) is 0 Å². The van der Waals surface area contributed by atoms with Gasteiger partial charge in [0.1, 0.15) is 34.5 Å². The van der Waals surface area contributed by atoms with Crippen molar-refractivity contribution >= 4 is 11.6 Å². The van der Waals surface area contributed by atoms with Gasteiger partial charge >= 0.3 is 0 Å². The van der Waals surface area contributed by atoms with Crippen LogP contribution in [0.5, 0.6) is 34.5 Å². The van der Waals surface area contributed by atoms with Crippen LogP contribution in [0.2, 0.25) is 0 Å². The van der Waals surface area contributed by atoms with Gasteiger partial charge in [0, 0.05) is 11.1 Å². The van der Waals surface area contributed by atoms with Crippen molar-refractivity contribution in [3.05, 3.63) is 108 Å². The van der Waals surface area contributed by atoms with E-state index in [9.17, 15) is 9.59 Å². The van der Waals surface area contributed by atoms with Crippen molar-refractivity contribution in [1.29, 1.82) is 0 Å². The van der Waals surface area contributed by atoms with Crippen LogP contribution >= 0.6 is 0 Å². The van der Waals surface area contributed by atoms with Gasteiger partial charge in [-0.15, -0.1) is 0 Å². The minimum absolute atomic E-state index is 0.283. The number of Topliss-reactive ketones (excluding diaryl/α,β-unsaturated/α-hetero) is 2. The molecule has 0 aromatic heterocycles. The fraction of sp³-hybridized carbons (Fsp3) is 0.0714. The van der Waals surface area contributed by atoms with Crippen LogP contribution in [0.15, 0.2) is 97.1 Å². The maximum absolute atomic E-state index is 12.7. The molecule has 0 saturated carbocycles. The molecule has 4 aromatic carbocycles. The van der Waals surface area contributed by atoms with Gasteiger partial charge in [-0.05, 0) is 97.1 Å². The summed E-state index contributed by atoms with van der Waals surface area (Å²) in [6, 6.07) is 27.2. The first-order valence-corrected chi connectivity index (χ1v) is 10.5. The van der Waals surface area contributed by atoms with Gasteiger partial charge in [0.2, 0.25) is 11.6 Å². The number of hydrogen-bond acceptors (Lipinski definition) is 6. The van der Waals surface area contributed by atoms with Crippen LogP contribution in [-0.2, 0) is 0 Å². The second-order valence-corrected chi connectivity index (χ2v) is 7.26. The molecule has 0 spiro atoms. The predicted molar refractivity (Wildman–Crippen MR) is 128 cm³/mol. The van der Waals surface area contributed by atoms with E-state index >= 15 is 0 Å². The van der Waals surface area contributed by atoms with E-state index in [1.165, 1.54) is 0 Å². The number of benzene rings is 4. The second-order valence-electron chi connectivity index (χ2n) is 7.26. The van der Waals surface area contributed by atoms with Crippen molar-refractivity contribution in [2.75, 3.05) is 14.2 Å². The number of rotatable bonds is 9. The van der Waals surface area contributed by atoms with E-state index in [4.69, 9.17) is 18.9 Å². The molecule has 0 radical (unpaired) electrons. The summed E-state index contributed by atoms with van der Waals surface area (Å²) >= 11 is 0. The Bertz CT molecular complexity index is 1160. The van der Waals surface area contributed by atoms with Gasteiger partial charge in [-0.25, -0.2) is 0 Å². The van der Waals surface area contributed by atoms with Gasteiger partial charge in [0.05, 0.1) is 14.2 Å². The number of ketones is 2. The number of methoxy groups -OCH3 is 2. The molecule has 0 aliphatic heterocycles. The average molecular weight is 454 g/mol. The highest BCUT2D eigenvalue weighted by molar-refractivity contribution is 6.49. The standard InChI is InChI=1S/C28H22O6/c1-31-21-11-15-25(16-12-21)33-23-7-3-19(4-8-23)27(29)28(30)20-5-9-24(10-6-20)34-26-17-13-22(32-2)14-18-26/h3-18H,1-2H3. The Morgan fingerprint density at radius 1 is 0.412 bits per heavy atom. The monoisotopic (exact) mass is 454 g/mol. The lowest BCUT2D eigenvalue weighted by atomic mass is 10.0. The van der Waals surface area contributed by atoms with Gasteiger partial charge in [-0.1, -0.05) is 0 Å². The molecule has 0 fully saturated rings. The molecule has 34 heavy (non-hydrogen) atoms. The Labute approximate surface area is 197 Å². The molecule has 6 nitrogen and oxygen atoms in total. The molecular weight excluding hydrogens is 432 g/mol. The summed E-state index contributed by atoms with van der Waals surface area (Å²) in [5, 5.41) is 0. The van der Waals surface area contributed by atoms with Gasteiger partial charge in [-0.3, -0.25) is 9.59 Å². The van der Waals surface area contributed by atoms with Crippen molar-refractivity contribution in [3.8, 4) is 34.5 Å². The van der Waals surface area contributed by atoms with Gasteiger partial charge in [-0.2, -0.15) is 0 Å². The lowest BCUT2D eigenvalue weighted by Crippen LogP contribution is -2.14. The minimum atomic E-state index is -0.597. The number of carbonyl (C=O) groups is 2. The van der Waals surface area contributed by atoms with Crippen LogP contribution in [0, 0.1) is 0 Å². The Morgan fingerprint density at radius 2 is 0.647 bits per heavy atom. The quantitative estimate of drug-likeness (QED) is 0.217. The molecule has 0 N–H and O–H groups in total. The van der Waals surface area contributed by atoms with E-state index in [0.717, 1.165) is 11.5 Å². The van der Waals surface area contributed by atoms with Crippen LogP contribution in [0.1, 0.15) is 20.7 Å². The number of ether oxygens (including phenoxy) is 4. The van der Waals surface area contributed by atoms with Crippen LogP contribution < -0.4 is 18.9 Å². The molecular formula is C28H22O6. The maximum atomic E-state index is 12.7. The molecule has 6 heteroatoms. The Balaban J connectivity index is 1.38. The molecule has 170 valence electrons. The minimum Gasteiger partial charge on any atom is -0.497 e. The van der Waals surface area contributed by atoms with Crippen molar-refractivity contribution in [3.63, 3.8) is 0 Å². The largest absolute Gasteiger partial charge is 0.497 e. The fourth-order valence-electron chi connectivity index (χ4n) is 3.17. The topological polar surface area (TPSA) is 71.1 Å². The molecule has 4 rings (SSSR count). The summed E-state index contributed by atoms with van der Waals surface area (Å²) in [5.41, 5.74) is 0.566. The number of hydrogen-bond donors (Lipinski definition) is 0. The first-order valence-electron chi connectivity index (χ1n) is 10.5. The zero-order valence-electron chi connectivity index (χ0n) is 18.7. The SMILES string of the molecule is COc1ccc(Oc2ccc(C(=O)C(=O)c3ccc(Oc4ccc(OC)cc4)cc3)cc2)cc1. The van der Waals surface area contributed by atoms with Crippen LogP contribution in [0.3, 0.4) is 0 Å². The molecule has 0 bridgehead atoms. The van der Waals surface area contributed by atoms with Gasteiger partial charge in [0.15, 0.2) is 0 Å². The predicted octanol–water partition coefficient (Wildman–Crippen LogP) is 6.35. The van der Waals surface area contributed by atoms with Crippen LogP contribution in [0.25, 0.3) is 0 Å². The van der Waals surface area contributed by atoms with E-state index < -0.39 is 11.6 Å². The maximum Gasteiger partial charge on any atom is 0.233 e. The summed E-state index contributed by atoms with van der Waals surface area (Å²) in [6.07, 6.45) is 0. The molecule has 0 saturated heterocycles. The molecule has 4 aromatic rings. The summed E-state index contributed by atoms with van der Waals surface area (Å²) in [5.74, 6) is 2.63. The smallest absolute Gasteiger partial charge is 0.233 e. The molecule has 0 aliphatic carbocycles. The average Bonchev–Trinajstić information content (AvgIpc) is 2.89. The van der Waals surface area contributed by atoms with Crippen molar-refractivity contribution < 1.29 is 28.5 Å². The highest BCUT2D eigenvalue weighted by Crippen LogP contribution is 2.26. The Morgan fingerprint density at radius 3 is 0.912 bits per heavy atom. The lowest BCUT2D eigenvalue weighted by molar-refractivity contribution is 0.0817. The van der Waals surface area contributed by atoms with E-state index in [1.807, 2.05) is 0 Å². The second kappa shape index (κ2) is 10.4. The zero-order chi connectivity index (χ0) is 23.9. The first kappa shape index (κ1) is 22.6. The highest BCUT2D eigenvalue weighted by Gasteiger charge is 2.18. The van der Waals surface area contributed by atoms with E-state index in [2.05, 4.69) is 0 Å². The molecule has 0 amide bonds. The van der Waals surface area contributed by atoms with Crippen LogP contribution in [0.4, 0.5) is 0 Å². The van der Waals surface area contributed by atoms with Crippen molar-refractivity contribution in [2.45, 2.75) is 0 Å². The van der Waals surface area contributed by atoms with E-state index in [0.29, 0.717) is 23.0 Å². The first-order chi connectivity index (χ1) is 16.6. The lowest BCUT2D eigenvalue weighted by Gasteiger charge is -2.08. The van der Waals surface area contributed by atoms with Gasteiger partial charge < -0.3 is 18.9 Å². The molecule has 0 heterocycles. The zero-order valence-corrected chi connectivity index (χ0v) is 18.7. The fourth-order valence-corrected chi connectivity index (χ4v) is 3.17. The van der Waals surface area contributed by atoms with Crippen molar-refractivity contribution in [2.24, 2.45) is 0 Å². The van der Waals surface area contributed by atoms with E-state index in [1.54, 1.807) is 111 Å². The van der Waals surface area contributed by atoms with Crippen LogP contribution in [-0.4, -0.2) is 25.8 Å². The van der Waals surface area contributed by atoms with E-state index in [-0.39, 0.29) is 11.1 Å². The summed E-state index contributed by atoms with van der Waals surface area (Å²) < 4.78 is 21.8. The third-order valence-electron chi connectivity index (χ3n) is 5.03. The third-order valence-corrected chi connectivity index (χ3v) is 5.03. The third kappa shape index (κ3) is 5.42. The molecule has 0 atom stereocenters. The Kier molecular flexibility index (Phi) is 6.89. The summed E-state index contributed by atoms with van der Waals surface area (Å²) in [4.78, 5) is 25.3. The molecule has 0 aliphatic rings. The Hall–Kier alpha value is -4.58. The number of carbonyl (C=O) groups excluding carboxylic acids is 2. The summed E-state index contributed by atoms with van der Waals surface area (Å²) in [7, 11) is 3.19. The summed E-state index contributed by atoms with van der Waals surface area (Å²) in [6.45, 7) is 0. The van der Waals surface area contributed by atoms with Gasteiger partial charge in [0.25, 0.3) is 0 Å².